The Kier molecular flexibility index (Phi) is 5.27. The number of rotatable bonds is 4. The van der Waals surface area contributed by atoms with Gasteiger partial charge in [-0.2, -0.15) is 0 Å². The normalized spacial score (nSPS) is 10.8. The number of hydrogen-bond donors (Lipinski definition) is 0. The summed E-state index contributed by atoms with van der Waals surface area (Å²) in [6, 6.07) is 16.6. The molecule has 3 aromatic carbocycles. The van der Waals surface area contributed by atoms with Crippen molar-refractivity contribution < 1.29 is 18.9 Å². The van der Waals surface area contributed by atoms with Crippen LogP contribution in [0, 0.1) is 17.0 Å². The maximum absolute atomic E-state index is 13.2. The van der Waals surface area contributed by atoms with Crippen molar-refractivity contribution in [1.82, 2.24) is 0 Å². The fraction of sp³-hybridized carbons (Fsp3) is 0.0435. The fourth-order valence-electron chi connectivity index (χ4n) is 3.07. The Morgan fingerprint density at radius 3 is 2.45 bits per heavy atom. The molecule has 0 spiro atoms. The maximum Gasteiger partial charge on any atom is 0.343 e. The number of ether oxygens (including phenoxy) is 1. The van der Waals surface area contributed by atoms with Crippen LogP contribution >= 0.6 is 11.6 Å². The number of aryl methyl sites for hydroxylation is 1. The lowest BCUT2D eigenvalue weighted by molar-refractivity contribution is -0.384. The molecular formula is C23H14ClNO6. The van der Waals surface area contributed by atoms with Crippen LogP contribution < -0.4 is 10.2 Å². The smallest absolute Gasteiger partial charge is 0.343 e. The first-order valence-corrected chi connectivity index (χ1v) is 9.52. The number of benzene rings is 3. The van der Waals surface area contributed by atoms with Gasteiger partial charge in [-0.1, -0.05) is 29.8 Å². The van der Waals surface area contributed by atoms with E-state index in [2.05, 4.69) is 0 Å². The number of nitro groups is 1. The van der Waals surface area contributed by atoms with Crippen molar-refractivity contribution in [2.24, 2.45) is 0 Å². The Bertz CT molecular complexity index is 1390. The zero-order valence-corrected chi connectivity index (χ0v) is 16.9. The number of carbonyl (C=O) groups is 1. The van der Waals surface area contributed by atoms with Crippen molar-refractivity contribution in [2.45, 2.75) is 6.92 Å². The van der Waals surface area contributed by atoms with Gasteiger partial charge < -0.3 is 9.15 Å². The summed E-state index contributed by atoms with van der Waals surface area (Å²) in [5, 5.41) is 11.4. The molecule has 0 radical (unpaired) electrons. The van der Waals surface area contributed by atoms with Crippen molar-refractivity contribution in [2.75, 3.05) is 0 Å². The number of halogens is 1. The summed E-state index contributed by atoms with van der Waals surface area (Å²) < 4.78 is 11.4. The van der Waals surface area contributed by atoms with Crippen LogP contribution in [-0.2, 0) is 0 Å². The molecule has 0 atom stereocenters. The number of esters is 1. The number of nitrogens with zero attached hydrogens (tertiary/aromatic N) is 1. The molecule has 1 heterocycles. The van der Waals surface area contributed by atoms with Gasteiger partial charge in [0.2, 0.25) is 11.2 Å². The van der Waals surface area contributed by atoms with Crippen LogP contribution in [0.1, 0.15) is 15.9 Å². The van der Waals surface area contributed by atoms with Crippen LogP contribution in [0.5, 0.6) is 5.75 Å². The average Bonchev–Trinajstić information content (AvgIpc) is 2.76. The highest BCUT2D eigenvalue weighted by Gasteiger charge is 2.23. The molecule has 0 bridgehead atoms. The van der Waals surface area contributed by atoms with Gasteiger partial charge >= 0.3 is 5.97 Å². The summed E-state index contributed by atoms with van der Waals surface area (Å²) >= 11 is 6.30. The number of carbonyl (C=O) groups excluding carboxylic acids is 1. The van der Waals surface area contributed by atoms with Gasteiger partial charge in [-0.05, 0) is 48.9 Å². The van der Waals surface area contributed by atoms with Gasteiger partial charge in [0.15, 0.2) is 5.76 Å². The predicted octanol–water partition coefficient (Wildman–Crippen LogP) is 5.55. The quantitative estimate of drug-likeness (QED) is 0.237. The van der Waals surface area contributed by atoms with E-state index in [9.17, 15) is 19.7 Å². The van der Waals surface area contributed by atoms with E-state index in [0.717, 1.165) is 5.56 Å². The summed E-state index contributed by atoms with van der Waals surface area (Å²) in [7, 11) is 0. The molecule has 0 amide bonds. The third-order valence-electron chi connectivity index (χ3n) is 4.63. The predicted molar refractivity (Wildman–Crippen MR) is 116 cm³/mol. The molecular weight excluding hydrogens is 422 g/mol. The minimum Gasteiger partial charge on any atom is -0.452 e. The molecule has 7 nitrogen and oxygen atoms in total. The minimum atomic E-state index is -0.859. The van der Waals surface area contributed by atoms with Crippen LogP contribution in [0.2, 0.25) is 5.02 Å². The van der Waals surface area contributed by atoms with Crippen LogP contribution in [0.4, 0.5) is 5.69 Å². The molecule has 31 heavy (non-hydrogen) atoms. The molecule has 0 aliphatic rings. The second-order valence-electron chi connectivity index (χ2n) is 6.76. The molecule has 0 N–H and O–H groups in total. The van der Waals surface area contributed by atoms with Gasteiger partial charge in [0.1, 0.15) is 5.58 Å². The lowest BCUT2D eigenvalue weighted by Crippen LogP contribution is -2.16. The van der Waals surface area contributed by atoms with E-state index >= 15 is 0 Å². The summed E-state index contributed by atoms with van der Waals surface area (Å²) in [5.74, 6) is -1.15. The third kappa shape index (κ3) is 3.91. The van der Waals surface area contributed by atoms with Gasteiger partial charge in [0, 0.05) is 17.7 Å². The fourth-order valence-corrected chi connectivity index (χ4v) is 3.29. The number of non-ortho nitro benzene ring substituents is 1. The molecule has 154 valence electrons. The molecule has 0 aliphatic carbocycles. The molecule has 0 fully saturated rings. The second kappa shape index (κ2) is 8.04. The van der Waals surface area contributed by atoms with E-state index in [1.165, 1.54) is 24.3 Å². The van der Waals surface area contributed by atoms with Gasteiger partial charge in [0.25, 0.3) is 5.69 Å². The van der Waals surface area contributed by atoms with E-state index in [-0.39, 0.29) is 28.1 Å². The molecule has 0 unspecified atom stereocenters. The van der Waals surface area contributed by atoms with Crippen molar-refractivity contribution in [3.05, 3.63) is 103 Å². The summed E-state index contributed by atoms with van der Waals surface area (Å²) in [6.07, 6.45) is 0. The van der Waals surface area contributed by atoms with E-state index in [4.69, 9.17) is 20.8 Å². The van der Waals surface area contributed by atoms with Crippen LogP contribution in [-0.4, -0.2) is 10.9 Å². The second-order valence-corrected chi connectivity index (χ2v) is 7.17. The number of fused-ring (bicyclic) bond motifs is 1. The maximum atomic E-state index is 13.2. The molecule has 0 aliphatic heterocycles. The molecule has 1 aromatic heterocycles. The van der Waals surface area contributed by atoms with Gasteiger partial charge in [0.05, 0.1) is 20.9 Å². The Hall–Kier alpha value is -3.97. The monoisotopic (exact) mass is 435 g/mol. The van der Waals surface area contributed by atoms with Gasteiger partial charge in [-0.3, -0.25) is 14.9 Å². The standard InChI is InChI=1S/C23H14ClNO6/c1-13-6-11-17-19(12-13)30-21(16-4-2-3-5-18(16)24)22(20(17)26)31-23(27)14-7-9-15(10-8-14)25(28)29/h2-12H,1H3. The lowest BCUT2D eigenvalue weighted by Gasteiger charge is -2.12. The zero-order valence-electron chi connectivity index (χ0n) is 16.1. The molecule has 8 heteroatoms. The third-order valence-corrected chi connectivity index (χ3v) is 4.96. The topological polar surface area (TPSA) is 99.7 Å². The first-order chi connectivity index (χ1) is 14.8. The summed E-state index contributed by atoms with van der Waals surface area (Å²) in [6.45, 7) is 1.86. The minimum absolute atomic E-state index is 0.0176. The van der Waals surface area contributed by atoms with E-state index < -0.39 is 16.3 Å². The number of hydrogen-bond acceptors (Lipinski definition) is 6. The van der Waals surface area contributed by atoms with E-state index in [0.29, 0.717) is 16.2 Å². The van der Waals surface area contributed by atoms with E-state index in [1.807, 2.05) is 6.92 Å². The zero-order chi connectivity index (χ0) is 22.1. The van der Waals surface area contributed by atoms with E-state index in [1.54, 1.807) is 42.5 Å². The molecule has 0 saturated heterocycles. The summed E-state index contributed by atoms with van der Waals surface area (Å²) in [4.78, 5) is 36.1. The SMILES string of the molecule is Cc1ccc2c(=O)c(OC(=O)c3ccc([N+](=O)[O-])cc3)c(-c3ccccc3Cl)oc2c1. The van der Waals surface area contributed by atoms with Crippen molar-refractivity contribution >= 4 is 34.2 Å². The van der Waals surface area contributed by atoms with Crippen LogP contribution in [0.15, 0.2) is 75.9 Å². The van der Waals surface area contributed by atoms with Gasteiger partial charge in [-0.15, -0.1) is 0 Å². The largest absolute Gasteiger partial charge is 0.452 e. The van der Waals surface area contributed by atoms with Crippen molar-refractivity contribution in [3.8, 4) is 17.1 Å². The molecule has 4 aromatic rings. The van der Waals surface area contributed by atoms with Crippen LogP contribution in [0.25, 0.3) is 22.3 Å². The average molecular weight is 436 g/mol. The first-order valence-electron chi connectivity index (χ1n) is 9.14. The van der Waals surface area contributed by atoms with Crippen molar-refractivity contribution in [3.63, 3.8) is 0 Å². The Balaban J connectivity index is 1.86. The molecule has 0 saturated carbocycles. The van der Waals surface area contributed by atoms with Crippen molar-refractivity contribution in [1.29, 1.82) is 0 Å². The highest BCUT2D eigenvalue weighted by molar-refractivity contribution is 6.33. The van der Waals surface area contributed by atoms with Gasteiger partial charge in [-0.25, -0.2) is 4.79 Å². The lowest BCUT2D eigenvalue weighted by atomic mass is 10.1. The van der Waals surface area contributed by atoms with Crippen LogP contribution in [0.3, 0.4) is 0 Å². The highest BCUT2D eigenvalue weighted by Crippen LogP contribution is 2.35. The first kappa shape index (κ1) is 20.3. The highest BCUT2D eigenvalue weighted by atomic mass is 35.5. The Morgan fingerprint density at radius 1 is 1.06 bits per heavy atom. The molecule has 4 rings (SSSR count). The summed E-state index contributed by atoms with van der Waals surface area (Å²) in [5.41, 5.74) is 0.932. The Labute approximate surface area is 180 Å². The Morgan fingerprint density at radius 2 is 1.77 bits per heavy atom. The number of nitro benzene ring substituents is 1.